The normalized spacial score (nSPS) is 23.2. The number of nitrogen functional groups attached to an aromatic ring is 1. The van der Waals surface area contributed by atoms with Gasteiger partial charge in [0.1, 0.15) is 65.5 Å². The van der Waals surface area contributed by atoms with Crippen LogP contribution >= 0.6 is 7.82 Å². The molecule has 2 aliphatic rings. The molecule has 5 rings (SSSR count). The highest BCUT2D eigenvalue weighted by Crippen LogP contribution is 2.63. The van der Waals surface area contributed by atoms with E-state index in [4.69, 9.17) is 38.5 Å². The van der Waals surface area contributed by atoms with Crippen LogP contribution in [-0.4, -0.2) is 93.8 Å². The molecule has 336 valence electrons. The molecular weight excluding hydrogens is 807 g/mol. The molecule has 0 amide bonds. The van der Waals surface area contributed by atoms with E-state index in [9.17, 15) is 30.2 Å². The SMILES string of the molecule is CCCCCCCCCCCCCCCCCCOC[C@H](COP(=O)(O)OC1[C@H]2O[C@@](C#N)(c3ccc4c(N)ncnn34)[C@H](O)[C@@]12O)OCc1cc(OC)c(C#N)c(OC)c1. The van der Waals surface area contributed by atoms with Crippen molar-refractivity contribution in [2.24, 2.45) is 0 Å². The Morgan fingerprint density at radius 3 is 2.05 bits per heavy atom. The van der Waals surface area contributed by atoms with Crippen molar-refractivity contribution in [3.8, 4) is 23.6 Å². The van der Waals surface area contributed by atoms with E-state index in [0.717, 1.165) is 19.3 Å². The van der Waals surface area contributed by atoms with Crippen molar-refractivity contribution in [2.75, 3.05) is 39.8 Å². The lowest BCUT2D eigenvalue weighted by Crippen LogP contribution is -2.47. The summed E-state index contributed by atoms with van der Waals surface area (Å²) >= 11 is 0. The van der Waals surface area contributed by atoms with Crippen LogP contribution in [0, 0.1) is 22.7 Å². The number of nitrogens with zero attached hydrogens (tertiary/aromatic N) is 5. The molecule has 1 aromatic carbocycles. The predicted molar refractivity (Wildman–Crippen MR) is 224 cm³/mol. The van der Waals surface area contributed by atoms with Crippen LogP contribution < -0.4 is 15.2 Å². The van der Waals surface area contributed by atoms with Gasteiger partial charge in [0.15, 0.2) is 11.4 Å². The number of unbranched alkanes of at least 4 members (excludes halogenated alkanes) is 15. The van der Waals surface area contributed by atoms with E-state index >= 15 is 0 Å². The van der Waals surface area contributed by atoms with Gasteiger partial charge in [0, 0.05) is 6.61 Å². The summed E-state index contributed by atoms with van der Waals surface area (Å²) in [4.78, 5) is 14.7. The maximum absolute atomic E-state index is 13.3. The highest BCUT2D eigenvalue weighted by Gasteiger charge is 2.83. The molecule has 2 aromatic heterocycles. The van der Waals surface area contributed by atoms with E-state index in [2.05, 4.69) is 23.1 Å². The number of ether oxygens (including phenoxy) is 5. The molecule has 3 aromatic rings. The number of nitriles is 2. The van der Waals surface area contributed by atoms with Crippen LogP contribution in [0.4, 0.5) is 5.82 Å². The summed E-state index contributed by atoms with van der Waals surface area (Å²) < 4.78 is 53.9. The zero-order chi connectivity index (χ0) is 43.9. The third-order valence-electron chi connectivity index (χ3n) is 11.5. The standard InChI is InChI=1S/C43H63N6O11P/c1-4-5-6-7-8-9-10-11-12-13-14-15-16-17-18-19-22-56-27-32(57-26-31-23-35(54-2)33(25-44)36(24-31)55-3)28-58-61(52,53)60-39-38-43(39,51)41(50)42(29-45,59-38)37-21-20-34-40(46)47-30-48-49(34)37/h20-21,23-24,30,32,38-39,41,50-51H,4-19,22,26-28H2,1-3H3,(H,52,53)(H2,46,47,48)/t32-,38-,39?,41+,42+,43+/m1/s1. The van der Waals surface area contributed by atoms with Crippen molar-refractivity contribution in [2.45, 2.75) is 152 Å². The summed E-state index contributed by atoms with van der Waals surface area (Å²) in [7, 11) is -2.05. The minimum absolute atomic E-state index is 0.0167. The highest BCUT2D eigenvalue weighted by atomic mass is 31.2. The average molecular weight is 871 g/mol. The molecule has 0 spiro atoms. The average Bonchev–Trinajstić information content (AvgIpc) is 3.49. The van der Waals surface area contributed by atoms with Gasteiger partial charge in [-0.3, -0.25) is 9.05 Å². The highest BCUT2D eigenvalue weighted by molar-refractivity contribution is 7.47. The molecule has 18 heteroatoms. The summed E-state index contributed by atoms with van der Waals surface area (Å²) in [5.41, 5.74) is 2.85. The first-order chi connectivity index (χ1) is 29.5. The monoisotopic (exact) mass is 870 g/mol. The number of aliphatic hydroxyl groups is 2. The van der Waals surface area contributed by atoms with Crippen molar-refractivity contribution in [3.63, 3.8) is 0 Å². The number of benzene rings is 1. The van der Waals surface area contributed by atoms with Gasteiger partial charge in [-0.15, -0.1) is 0 Å². The van der Waals surface area contributed by atoms with Gasteiger partial charge in [-0.1, -0.05) is 103 Å². The lowest BCUT2D eigenvalue weighted by atomic mass is 9.90. The van der Waals surface area contributed by atoms with E-state index < -0.39 is 50.0 Å². The molecule has 3 heterocycles. The molecular formula is C43H63N6O11P. The van der Waals surface area contributed by atoms with Crippen molar-refractivity contribution < 1.29 is 52.4 Å². The summed E-state index contributed by atoms with van der Waals surface area (Å²) in [5.74, 6) is 0.706. The van der Waals surface area contributed by atoms with E-state index in [1.165, 1.54) is 121 Å². The maximum atomic E-state index is 13.3. The Balaban J connectivity index is 1.08. The van der Waals surface area contributed by atoms with Gasteiger partial charge in [-0.05, 0) is 36.2 Å². The van der Waals surface area contributed by atoms with Crippen LogP contribution in [0.5, 0.6) is 11.5 Å². The van der Waals surface area contributed by atoms with Crippen LogP contribution in [-0.2, 0) is 40.0 Å². The number of hydrogen-bond acceptors (Lipinski definition) is 15. The number of hydrogen-bond donors (Lipinski definition) is 4. The number of aromatic nitrogens is 3. The second-order valence-electron chi connectivity index (χ2n) is 15.9. The van der Waals surface area contributed by atoms with Crippen molar-refractivity contribution >= 4 is 19.2 Å². The minimum atomic E-state index is -4.92. The molecule has 61 heavy (non-hydrogen) atoms. The lowest BCUT2D eigenvalue weighted by molar-refractivity contribution is -0.107. The lowest BCUT2D eigenvalue weighted by Gasteiger charge is -2.29. The third kappa shape index (κ3) is 12.0. The number of aliphatic hydroxyl groups excluding tert-OH is 1. The van der Waals surface area contributed by atoms with E-state index in [-0.39, 0.29) is 30.3 Å². The number of methoxy groups -OCH3 is 2. The summed E-state index contributed by atoms with van der Waals surface area (Å²) in [6, 6.07) is 10.2. The Hall–Kier alpha value is -3.87. The van der Waals surface area contributed by atoms with Crippen LogP contribution in [0.25, 0.3) is 5.52 Å². The second-order valence-corrected chi connectivity index (χ2v) is 17.3. The summed E-state index contributed by atoms with van der Waals surface area (Å²) in [5, 5.41) is 46.6. The fourth-order valence-electron chi connectivity index (χ4n) is 7.94. The maximum Gasteiger partial charge on any atom is 0.472 e. The molecule has 2 unspecified atom stereocenters. The first kappa shape index (κ1) is 48.2. The fraction of sp³-hybridized carbons (Fsp3) is 0.674. The minimum Gasteiger partial charge on any atom is -0.495 e. The van der Waals surface area contributed by atoms with Crippen LogP contribution in [0.1, 0.15) is 126 Å². The summed E-state index contributed by atoms with van der Waals surface area (Å²) in [6.45, 7) is 2.26. The Morgan fingerprint density at radius 2 is 1.52 bits per heavy atom. The van der Waals surface area contributed by atoms with Gasteiger partial charge >= 0.3 is 7.82 Å². The zero-order valence-electron chi connectivity index (χ0n) is 35.7. The largest absolute Gasteiger partial charge is 0.495 e. The number of rotatable bonds is 30. The second kappa shape index (κ2) is 23.0. The summed E-state index contributed by atoms with van der Waals surface area (Å²) in [6.07, 6.45) is 15.7. The molecule has 17 nitrogen and oxygen atoms in total. The smallest absolute Gasteiger partial charge is 0.472 e. The molecule has 0 radical (unpaired) electrons. The van der Waals surface area contributed by atoms with Crippen LogP contribution in [0.3, 0.4) is 0 Å². The first-order valence-electron chi connectivity index (χ1n) is 21.6. The van der Waals surface area contributed by atoms with Crippen molar-refractivity contribution in [1.29, 1.82) is 10.5 Å². The Morgan fingerprint density at radius 1 is 0.934 bits per heavy atom. The van der Waals surface area contributed by atoms with E-state index in [0.29, 0.717) is 29.2 Å². The van der Waals surface area contributed by atoms with Crippen molar-refractivity contribution in [3.05, 3.63) is 47.4 Å². The predicted octanol–water partition coefficient (Wildman–Crippen LogP) is 6.79. The number of nitrogens with two attached hydrogens (primary N) is 1. The van der Waals surface area contributed by atoms with Gasteiger partial charge < -0.3 is 44.5 Å². The van der Waals surface area contributed by atoms with Gasteiger partial charge in [0.25, 0.3) is 0 Å². The van der Waals surface area contributed by atoms with E-state index in [1.807, 2.05) is 6.07 Å². The quantitative estimate of drug-likeness (QED) is 0.0398. The third-order valence-corrected chi connectivity index (χ3v) is 12.5. The molecule has 0 bridgehead atoms. The number of phosphoric acid groups is 1. The van der Waals surface area contributed by atoms with Crippen molar-refractivity contribution in [1.82, 2.24) is 14.6 Å². The van der Waals surface area contributed by atoms with E-state index in [1.54, 1.807) is 12.1 Å². The number of anilines is 1. The first-order valence-corrected chi connectivity index (χ1v) is 23.1. The van der Waals surface area contributed by atoms with Gasteiger partial charge in [0.05, 0.1) is 39.7 Å². The zero-order valence-corrected chi connectivity index (χ0v) is 36.6. The Kier molecular flexibility index (Phi) is 18.2. The van der Waals surface area contributed by atoms with Crippen LogP contribution in [0.15, 0.2) is 30.6 Å². The molecule has 1 aliphatic heterocycles. The Labute approximate surface area is 358 Å². The molecule has 5 N–H and O–H groups in total. The number of fused-ring (bicyclic) bond motifs is 2. The van der Waals surface area contributed by atoms with Crippen LogP contribution in [0.2, 0.25) is 0 Å². The van der Waals surface area contributed by atoms with Gasteiger partial charge in [-0.2, -0.15) is 15.6 Å². The Bertz CT molecular complexity index is 1960. The molecule has 1 saturated carbocycles. The molecule has 1 aliphatic carbocycles. The molecule has 2 fully saturated rings. The fourth-order valence-corrected chi connectivity index (χ4v) is 8.93. The molecule has 7 atom stereocenters. The van der Waals surface area contributed by atoms with Gasteiger partial charge in [-0.25, -0.2) is 14.1 Å². The molecule has 1 saturated heterocycles. The topological polar surface area (TPSA) is 246 Å². The van der Waals surface area contributed by atoms with Gasteiger partial charge in [0.2, 0.25) is 5.60 Å². The number of phosphoric ester groups is 1.